The molecule has 0 aliphatic carbocycles. The van der Waals surface area contributed by atoms with Gasteiger partial charge in [-0.3, -0.25) is 9.59 Å². The third kappa shape index (κ3) is 3.52. The highest BCUT2D eigenvalue weighted by Gasteiger charge is 2.42. The molecule has 34 heavy (non-hydrogen) atoms. The zero-order valence-corrected chi connectivity index (χ0v) is 19.5. The Kier molecular flexibility index (Phi) is 5.36. The number of carbonyl (C=O) groups is 1. The van der Waals surface area contributed by atoms with E-state index in [0.717, 1.165) is 28.0 Å². The average Bonchev–Trinajstić information content (AvgIpc) is 3.12. The Bertz CT molecular complexity index is 1450. The van der Waals surface area contributed by atoms with E-state index in [0.29, 0.717) is 28.8 Å². The molecule has 1 atom stereocenters. The van der Waals surface area contributed by atoms with Gasteiger partial charge in [0.2, 0.25) is 5.76 Å². The molecule has 2 heterocycles. The van der Waals surface area contributed by atoms with E-state index in [1.54, 1.807) is 19.1 Å². The maximum Gasteiger partial charge on any atom is 0.291 e. The molecule has 1 aliphatic heterocycles. The van der Waals surface area contributed by atoms with Gasteiger partial charge in [-0.15, -0.1) is 0 Å². The maximum absolute atomic E-state index is 13.8. The van der Waals surface area contributed by atoms with E-state index >= 15 is 0 Å². The SMILES string of the molecule is COc1ccc(CN2C(=O)c3oc4c(C)cc(C)cc4c(=O)c3C2c2ccc(OC)cc2)cc1. The molecule has 5 rings (SSSR count). The van der Waals surface area contributed by atoms with E-state index in [4.69, 9.17) is 13.9 Å². The lowest BCUT2D eigenvalue weighted by Crippen LogP contribution is -2.29. The molecule has 1 unspecified atom stereocenters. The van der Waals surface area contributed by atoms with E-state index in [1.165, 1.54) is 0 Å². The minimum atomic E-state index is -0.572. The van der Waals surface area contributed by atoms with Crippen LogP contribution in [0.5, 0.6) is 11.5 Å². The van der Waals surface area contributed by atoms with Gasteiger partial charge in [0.25, 0.3) is 5.91 Å². The van der Waals surface area contributed by atoms with Gasteiger partial charge >= 0.3 is 0 Å². The predicted molar refractivity (Wildman–Crippen MR) is 130 cm³/mol. The Morgan fingerprint density at radius 1 is 0.882 bits per heavy atom. The van der Waals surface area contributed by atoms with Gasteiger partial charge in [-0.2, -0.15) is 0 Å². The molecule has 1 amide bonds. The lowest BCUT2D eigenvalue weighted by atomic mass is 9.97. The summed E-state index contributed by atoms with van der Waals surface area (Å²) < 4.78 is 16.7. The van der Waals surface area contributed by atoms with Crippen LogP contribution in [-0.4, -0.2) is 25.0 Å². The molecule has 3 aromatic carbocycles. The zero-order valence-electron chi connectivity index (χ0n) is 19.5. The van der Waals surface area contributed by atoms with Gasteiger partial charge in [0, 0.05) is 6.54 Å². The quantitative estimate of drug-likeness (QED) is 0.415. The highest BCUT2D eigenvalue weighted by Crippen LogP contribution is 2.40. The average molecular weight is 456 g/mol. The van der Waals surface area contributed by atoms with Crippen LogP contribution in [0.15, 0.2) is 69.9 Å². The summed E-state index contributed by atoms with van der Waals surface area (Å²) in [5.74, 6) is 1.25. The van der Waals surface area contributed by atoms with E-state index in [-0.39, 0.29) is 17.1 Å². The number of rotatable bonds is 5. The van der Waals surface area contributed by atoms with Crippen molar-refractivity contribution < 1.29 is 18.7 Å². The Hall–Kier alpha value is -4.06. The fourth-order valence-electron chi connectivity index (χ4n) is 4.70. The minimum Gasteiger partial charge on any atom is -0.497 e. The molecule has 0 fully saturated rings. The fourth-order valence-corrected chi connectivity index (χ4v) is 4.70. The Labute approximate surface area is 197 Å². The summed E-state index contributed by atoms with van der Waals surface area (Å²) in [5.41, 5.74) is 4.20. The molecule has 0 bridgehead atoms. The van der Waals surface area contributed by atoms with Gasteiger partial charge in [0.1, 0.15) is 17.1 Å². The molecule has 0 radical (unpaired) electrons. The molecule has 172 valence electrons. The van der Waals surface area contributed by atoms with E-state index in [9.17, 15) is 9.59 Å². The highest BCUT2D eigenvalue weighted by molar-refractivity contribution is 5.99. The van der Waals surface area contributed by atoms with Gasteiger partial charge in [-0.05, 0) is 66.4 Å². The standard InChI is InChI=1S/C28H25NO5/c1-16-13-17(2)26-22(14-16)25(30)23-24(19-7-11-21(33-4)12-8-19)29(28(31)27(23)34-26)15-18-5-9-20(32-3)10-6-18/h5-14,24H,15H2,1-4H3. The van der Waals surface area contributed by atoms with Crippen LogP contribution in [0.25, 0.3) is 11.0 Å². The molecule has 6 heteroatoms. The van der Waals surface area contributed by atoms with Crippen LogP contribution in [0.4, 0.5) is 0 Å². The second-order valence-electron chi connectivity index (χ2n) is 8.59. The zero-order chi connectivity index (χ0) is 24.0. The van der Waals surface area contributed by atoms with Crippen molar-refractivity contribution in [2.75, 3.05) is 14.2 Å². The summed E-state index contributed by atoms with van der Waals surface area (Å²) in [6, 6.07) is 18.2. The number of amides is 1. The van der Waals surface area contributed by atoms with Crippen molar-refractivity contribution in [1.29, 1.82) is 0 Å². The first kappa shape index (κ1) is 21.8. The number of hydrogen-bond donors (Lipinski definition) is 0. The van der Waals surface area contributed by atoms with Crippen molar-refractivity contribution in [3.8, 4) is 11.5 Å². The van der Waals surface area contributed by atoms with Crippen LogP contribution in [0.2, 0.25) is 0 Å². The number of aryl methyl sites for hydroxylation is 2. The summed E-state index contributed by atoms with van der Waals surface area (Å²) in [6.45, 7) is 4.15. The smallest absolute Gasteiger partial charge is 0.291 e. The highest BCUT2D eigenvalue weighted by atomic mass is 16.5. The minimum absolute atomic E-state index is 0.110. The summed E-state index contributed by atoms with van der Waals surface area (Å²) in [6.07, 6.45) is 0. The van der Waals surface area contributed by atoms with Crippen molar-refractivity contribution in [3.63, 3.8) is 0 Å². The number of carbonyl (C=O) groups excluding carboxylic acids is 1. The van der Waals surface area contributed by atoms with Crippen molar-refractivity contribution in [3.05, 3.63) is 104 Å². The van der Waals surface area contributed by atoms with Crippen LogP contribution in [0.1, 0.15) is 44.4 Å². The Morgan fingerprint density at radius 3 is 2.12 bits per heavy atom. The summed E-state index contributed by atoms with van der Waals surface area (Å²) in [4.78, 5) is 29.1. The number of fused-ring (bicyclic) bond motifs is 2. The van der Waals surface area contributed by atoms with E-state index in [2.05, 4.69) is 0 Å². The monoisotopic (exact) mass is 455 g/mol. The second-order valence-corrected chi connectivity index (χ2v) is 8.59. The van der Waals surface area contributed by atoms with Gasteiger partial charge in [-0.25, -0.2) is 0 Å². The van der Waals surface area contributed by atoms with Crippen LogP contribution in [-0.2, 0) is 6.54 Å². The fraction of sp³-hybridized carbons (Fsp3) is 0.214. The summed E-state index contributed by atoms with van der Waals surface area (Å²) in [7, 11) is 3.21. The molecule has 0 N–H and O–H groups in total. The predicted octanol–water partition coefficient (Wildman–Crippen LogP) is 5.17. The van der Waals surface area contributed by atoms with Gasteiger partial charge in [-0.1, -0.05) is 30.3 Å². The third-order valence-electron chi connectivity index (χ3n) is 6.34. The Morgan fingerprint density at radius 2 is 1.50 bits per heavy atom. The largest absolute Gasteiger partial charge is 0.497 e. The van der Waals surface area contributed by atoms with Crippen molar-refractivity contribution in [2.24, 2.45) is 0 Å². The lowest BCUT2D eigenvalue weighted by Gasteiger charge is -2.25. The van der Waals surface area contributed by atoms with Crippen LogP contribution < -0.4 is 14.9 Å². The van der Waals surface area contributed by atoms with Crippen LogP contribution in [0.3, 0.4) is 0 Å². The first-order valence-electron chi connectivity index (χ1n) is 11.1. The lowest BCUT2D eigenvalue weighted by molar-refractivity contribution is 0.0714. The number of methoxy groups -OCH3 is 2. The van der Waals surface area contributed by atoms with Gasteiger partial charge in [0.05, 0.1) is 31.2 Å². The number of benzene rings is 3. The molecular weight excluding hydrogens is 430 g/mol. The molecule has 0 spiro atoms. The topological polar surface area (TPSA) is 69.0 Å². The maximum atomic E-state index is 13.8. The van der Waals surface area contributed by atoms with Crippen LogP contribution >= 0.6 is 0 Å². The second kappa shape index (κ2) is 8.37. The van der Waals surface area contributed by atoms with Crippen molar-refractivity contribution in [2.45, 2.75) is 26.4 Å². The molecule has 4 aromatic rings. The van der Waals surface area contributed by atoms with Gasteiger partial charge < -0.3 is 18.8 Å². The number of nitrogens with zero attached hydrogens (tertiary/aromatic N) is 1. The third-order valence-corrected chi connectivity index (χ3v) is 6.34. The summed E-state index contributed by atoms with van der Waals surface area (Å²) in [5, 5.41) is 0.494. The first-order chi connectivity index (χ1) is 16.4. The van der Waals surface area contributed by atoms with Gasteiger partial charge in [0.15, 0.2) is 5.43 Å². The Balaban J connectivity index is 1.70. The molecule has 0 saturated heterocycles. The van der Waals surface area contributed by atoms with E-state index in [1.807, 2.05) is 74.5 Å². The molecule has 1 aromatic heterocycles. The molecule has 6 nitrogen and oxygen atoms in total. The number of ether oxygens (including phenoxy) is 2. The number of hydrogen-bond acceptors (Lipinski definition) is 5. The normalized spacial score (nSPS) is 15.0. The van der Waals surface area contributed by atoms with Crippen molar-refractivity contribution in [1.82, 2.24) is 4.90 Å². The first-order valence-corrected chi connectivity index (χ1v) is 11.1. The molecule has 0 saturated carbocycles. The summed E-state index contributed by atoms with van der Waals surface area (Å²) >= 11 is 0. The van der Waals surface area contributed by atoms with E-state index < -0.39 is 6.04 Å². The molecular formula is C28H25NO5. The van der Waals surface area contributed by atoms with Crippen LogP contribution in [0, 0.1) is 13.8 Å². The molecule has 1 aliphatic rings. The van der Waals surface area contributed by atoms with Crippen molar-refractivity contribution >= 4 is 16.9 Å².